The van der Waals surface area contributed by atoms with E-state index in [0.29, 0.717) is 16.3 Å². The first-order chi connectivity index (χ1) is 22.7. The van der Waals surface area contributed by atoms with E-state index in [0.717, 1.165) is 5.56 Å². The van der Waals surface area contributed by atoms with Gasteiger partial charge in [0.05, 0.1) is 23.7 Å². The molecular weight excluding hydrogens is 643 g/mol. The van der Waals surface area contributed by atoms with Crippen LogP contribution < -0.4 is 15.4 Å². The zero-order chi connectivity index (χ0) is 35.2. The Kier molecular flexibility index (Phi) is 12.3. The summed E-state index contributed by atoms with van der Waals surface area (Å²) in [6.45, 7) is 8.74. The molecule has 0 aliphatic carbocycles. The molecule has 0 bridgehead atoms. The largest absolute Gasteiger partial charge is 0.495 e. The van der Waals surface area contributed by atoms with E-state index in [1.165, 1.54) is 25.3 Å². The van der Waals surface area contributed by atoms with E-state index < -0.39 is 47.4 Å². The van der Waals surface area contributed by atoms with Gasteiger partial charge in [-0.1, -0.05) is 56.6 Å². The quantitative estimate of drug-likeness (QED) is 0.284. The molecule has 48 heavy (non-hydrogen) atoms. The van der Waals surface area contributed by atoms with Crippen molar-refractivity contribution in [2.45, 2.75) is 84.3 Å². The number of amides is 2. The molecule has 4 rings (SSSR count). The van der Waals surface area contributed by atoms with Crippen molar-refractivity contribution < 1.29 is 42.5 Å². The van der Waals surface area contributed by atoms with E-state index >= 15 is 0 Å². The highest BCUT2D eigenvalue weighted by atomic mass is 35.5. The van der Waals surface area contributed by atoms with E-state index in [-0.39, 0.29) is 55.7 Å². The Morgan fingerprint density at radius 2 is 1.75 bits per heavy atom. The van der Waals surface area contributed by atoms with Crippen molar-refractivity contribution in [3.8, 4) is 5.75 Å². The Morgan fingerprint density at radius 3 is 2.40 bits per heavy atom. The predicted molar refractivity (Wildman–Crippen MR) is 177 cm³/mol. The van der Waals surface area contributed by atoms with Gasteiger partial charge < -0.3 is 29.6 Å². The molecule has 10 nitrogen and oxygen atoms in total. The predicted octanol–water partition coefficient (Wildman–Crippen LogP) is 5.26. The maximum absolute atomic E-state index is 13.6. The van der Waals surface area contributed by atoms with Gasteiger partial charge in [-0.15, -0.1) is 0 Å². The Balaban J connectivity index is 1.61. The molecule has 0 spiro atoms. The van der Waals surface area contributed by atoms with Crippen LogP contribution in [0.3, 0.4) is 0 Å². The molecule has 260 valence electrons. The van der Waals surface area contributed by atoms with Crippen molar-refractivity contribution in [3.05, 3.63) is 76.6 Å². The number of halogens is 2. The summed E-state index contributed by atoms with van der Waals surface area (Å²) in [6, 6.07) is 10.1. The van der Waals surface area contributed by atoms with Gasteiger partial charge in [-0.25, -0.2) is 9.18 Å². The number of benzene rings is 2. The number of carbonyl (C=O) groups excluding carboxylic acids is 4. The lowest BCUT2D eigenvalue weighted by molar-refractivity contribution is -0.179. The number of ether oxygens (including phenoxy) is 4. The number of rotatable bonds is 8. The fourth-order valence-electron chi connectivity index (χ4n) is 5.47. The lowest BCUT2D eigenvalue weighted by Gasteiger charge is -2.29. The lowest BCUT2D eigenvalue weighted by atomic mass is 9.92. The van der Waals surface area contributed by atoms with Gasteiger partial charge in [0, 0.05) is 25.3 Å². The molecule has 2 N–H and O–H groups in total. The van der Waals surface area contributed by atoms with Crippen molar-refractivity contribution in [2.24, 2.45) is 17.3 Å². The summed E-state index contributed by atoms with van der Waals surface area (Å²) < 4.78 is 36.4. The Hall–Kier alpha value is -3.96. The van der Waals surface area contributed by atoms with E-state index in [4.69, 9.17) is 30.5 Å². The number of nitrogens with one attached hydrogen (secondary N) is 2. The van der Waals surface area contributed by atoms with Crippen LogP contribution >= 0.6 is 11.6 Å². The molecule has 2 amide bonds. The fraction of sp³-hybridized carbons (Fsp3) is 0.500. The summed E-state index contributed by atoms with van der Waals surface area (Å²) in [5.74, 6) is -2.70. The maximum atomic E-state index is 13.6. The molecule has 2 aliphatic rings. The highest BCUT2D eigenvalue weighted by Gasteiger charge is 2.48. The zero-order valence-electron chi connectivity index (χ0n) is 28.1. The molecule has 2 aliphatic heterocycles. The zero-order valence-corrected chi connectivity index (χ0v) is 28.8. The van der Waals surface area contributed by atoms with Gasteiger partial charge >= 0.3 is 11.9 Å². The highest BCUT2D eigenvalue weighted by molar-refractivity contribution is 6.32. The van der Waals surface area contributed by atoms with E-state index in [9.17, 15) is 23.6 Å². The Bertz CT molecular complexity index is 1510. The van der Waals surface area contributed by atoms with Crippen LogP contribution in [0.1, 0.15) is 64.7 Å². The van der Waals surface area contributed by atoms with Crippen LogP contribution in [0.15, 0.2) is 54.6 Å². The van der Waals surface area contributed by atoms with Gasteiger partial charge in [-0.3, -0.25) is 14.4 Å². The molecule has 2 aromatic rings. The molecule has 0 saturated carbocycles. The van der Waals surface area contributed by atoms with Crippen LogP contribution in [-0.4, -0.2) is 61.8 Å². The number of cyclic esters (lactones) is 2. The lowest BCUT2D eigenvalue weighted by Crippen LogP contribution is -2.51. The minimum absolute atomic E-state index is 0.00920. The van der Waals surface area contributed by atoms with Crippen molar-refractivity contribution >= 4 is 35.4 Å². The molecule has 3 unspecified atom stereocenters. The van der Waals surface area contributed by atoms with E-state index in [1.807, 2.05) is 20.8 Å². The van der Waals surface area contributed by atoms with Gasteiger partial charge in [-0.05, 0) is 67.7 Å². The van der Waals surface area contributed by atoms with E-state index in [1.54, 1.807) is 50.3 Å². The average molecular weight is 687 g/mol. The molecule has 1 saturated heterocycles. The van der Waals surface area contributed by atoms with E-state index in [2.05, 4.69) is 10.6 Å². The van der Waals surface area contributed by atoms with Crippen LogP contribution in [0.25, 0.3) is 0 Å². The number of methoxy groups -OCH3 is 1. The molecule has 1 fully saturated rings. The van der Waals surface area contributed by atoms with Crippen LogP contribution in [0.4, 0.5) is 4.39 Å². The molecule has 2 aromatic carbocycles. The first kappa shape index (κ1) is 36.9. The molecule has 0 radical (unpaired) electrons. The minimum atomic E-state index is -1.23. The second-order valence-corrected chi connectivity index (χ2v) is 13.8. The average Bonchev–Trinajstić information content (AvgIpc) is 3.83. The fourth-order valence-corrected chi connectivity index (χ4v) is 5.75. The summed E-state index contributed by atoms with van der Waals surface area (Å²) in [6.07, 6.45) is 0.718. The summed E-state index contributed by atoms with van der Waals surface area (Å²) in [4.78, 5) is 53.6. The van der Waals surface area contributed by atoms with Gasteiger partial charge in [0.25, 0.3) is 0 Å². The Morgan fingerprint density at radius 1 is 1.04 bits per heavy atom. The monoisotopic (exact) mass is 686 g/mol. The second-order valence-electron chi connectivity index (χ2n) is 13.4. The van der Waals surface area contributed by atoms with Gasteiger partial charge in [0.15, 0.2) is 6.10 Å². The third kappa shape index (κ3) is 9.79. The maximum Gasteiger partial charge on any atom is 0.347 e. The summed E-state index contributed by atoms with van der Waals surface area (Å²) in [7, 11) is 1.49. The van der Waals surface area contributed by atoms with Crippen LogP contribution in [0.5, 0.6) is 5.75 Å². The standard InChI is InChI=1S/C36H44ClFN2O8/c1-20(2)16-29-34(43)46-27(21(3)31-32(48-31)23-11-13-24(38)14-12-23)8-7-9-30(41)40-26(18-22-10-15-28(45-6)25(37)17-22)33(42)39-19-36(4,5)35(44)47-29/h7,9-15,17,20-21,26-27,29,31-32H,8,16,18-19H2,1-6H3,(H,39,42)(H,40,41)/b9-7+/t21-,26+,27?,29-,31?,32?/m0/s1. The van der Waals surface area contributed by atoms with Crippen LogP contribution in [0.2, 0.25) is 5.02 Å². The number of hydrogen-bond donors (Lipinski definition) is 2. The first-order valence-electron chi connectivity index (χ1n) is 16.1. The van der Waals surface area contributed by atoms with Gasteiger partial charge in [0.1, 0.15) is 29.8 Å². The smallest absolute Gasteiger partial charge is 0.347 e. The third-order valence-corrected chi connectivity index (χ3v) is 8.77. The number of hydrogen-bond acceptors (Lipinski definition) is 8. The SMILES string of the molecule is COc1ccc(C[C@H]2NC(=O)/C=C/CC([C@H](C)C3OC3c3ccc(F)cc3)OC(=O)[C@H](CC(C)C)OC(=O)C(C)(C)CNC2=O)cc1Cl. The molecule has 6 atom stereocenters. The van der Waals surface area contributed by atoms with Crippen LogP contribution in [-0.2, 0) is 39.8 Å². The number of esters is 2. The summed E-state index contributed by atoms with van der Waals surface area (Å²) in [5.41, 5.74) is 0.242. The molecule has 12 heteroatoms. The van der Waals surface area contributed by atoms with Gasteiger partial charge in [-0.2, -0.15) is 0 Å². The van der Waals surface area contributed by atoms with Crippen molar-refractivity contribution in [3.63, 3.8) is 0 Å². The summed E-state index contributed by atoms with van der Waals surface area (Å²) in [5, 5.41) is 5.85. The van der Waals surface area contributed by atoms with Crippen molar-refractivity contribution in [1.29, 1.82) is 0 Å². The highest BCUT2D eigenvalue weighted by Crippen LogP contribution is 2.45. The van der Waals surface area contributed by atoms with Crippen LogP contribution in [0, 0.1) is 23.1 Å². The molecular formula is C36H44ClFN2O8. The minimum Gasteiger partial charge on any atom is -0.495 e. The first-order valence-corrected chi connectivity index (χ1v) is 16.5. The van der Waals surface area contributed by atoms with Gasteiger partial charge in [0.2, 0.25) is 11.8 Å². The normalized spacial score (nSPS) is 26.5. The van der Waals surface area contributed by atoms with Crippen molar-refractivity contribution in [2.75, 3.05) is 13.7 Å². The molecule has 2 heterocycles. The summed E-state index contributed by atoms with van der Waals surface area (Å²) >= 11 is 6.31. The topological polar surface area (TPSA) is 133 Å². The van der Waals surface area contributed by atoms with Crippen molar-refractivity contribution in [1.82, 2.24) is 10.6 Å². The Labute approximate surface area is 285 Å². The second kappa shape index (κ2) is 16.0. The third-order valence-electron chi connectivity index (χ3n) is 8.48. The number of carbonyl (C=O) groups is 4. The molecule has 0 aromatic heterocycles. The number of epoxide rings is 1.